The summed E-state index contributed by atoms with van der Waals surface area (Å²) in [6, 6.07) is 7.88. The second-order valence-electron chi connectivity index (χ2n) is 6.05. The number of benzene rings is 1. The Morgan fingerprint density at radius 3 is 2.76 bits per heavy atom. The van der Waals surface area contributed by atoms with Gasteiger partial charge in [-0.15, -0.1) is 0 Å². The predicted octanol–water partition coefficient (Wildman–Crippen LogP) is 1.00. The summed E-state index contributed by atoms with van der Waals surface area (Å²) in [6.07, 6.45) is 3.20. The van der Waals surface area contributed by atoms with Gasteiger partial charge in [-0.3, -0.25) is 4.90 Å². The van der Waals surface area contributed by atoms with Crippen molar-refractivity contribution in [1.82, 2.24) is 9.21 Å². The summed E-state index contributed by atoms with van der Waals surface area (Å²) < 4.78 is 27.4. The van der Waals surface area contributed by atoms with Gasteiger partial charge >= 0.3 is 0 Å². The van der Waals surface area contributed by atoms with Gasteiger partial charge in [0.2, 0.25) is 10.0 Å². The molecule has 1 aromatic rings. The average molecular weight is 309 g/mol. The molecule has 2 atom stereocenters. The third-order valence-corrected chi connectivity index (χ3v) is 6.74. The van der Waals surface area contributed by atoms with Gasteiger partial charge in [0, 0.05) is 31.7 Å². The van der Waals surface area contributed by atoms with Crippen molar-refractivity contribution in [2.75, 3.05) is 20.1 Å². The molecule has 2 aliphatic rings. The smallest absolute Gasteiger partial charge is 0.243 e. The summed E-state index contributed by atoms with van der Waals surface area (Å²) in [7, 11) is -1.29. The van der Waals surface area contributed by atoms with Crippen molar-refractivity contribution in [3.05, 3.63) is 29.8 Å². The van der Waals surface area contributed by atoms with Crippen LogP contribution in [0.5, 0.6) is 0 Å². The number of rotatable bonds is 3. The van der Waals surface area contributed by atoms with Crippen LogP contribution < -0.4 is 5.73 Å². The Morgan fingerprint density at radius 1 is 1.24 bits per heavy atom. The molecule has 3 rings (SSSR count). The highest BCUT2D eigenvalue weighted by Gasteiger charge is 2.38. The van der Waals surface area contributed by atoms with Gasteiger partial charge < -0.3 is 5.73 Å². The van der Waals surface area contributed by atoms with E-state index in [-0.39, 0.29) is 0 Å². The molecule has 2 heterocycles. The van der Waals surface area contributed by atoms with E-state index >= 15 is 0 Å². The molecule has 21 heavy (non-hydrogen) atoms. The van der Waals surface area contributed by atoms with E-state index in [1.54, 1.807) is 22.5 Å². The highest BCUT2D eigenvalue weighted by atomic mass is 32.2. The van der Waals surface area contributed by atoms with Crippen LogP contribution in [0.1, 0.15) is 24.8 Å². The van der Waals surface area contributed by atoms with Crippen LogP contribution in [-0.4, -0.2) is 49.8 Å². The van der Waals surface area contributed by atoms with E-state index in [0.717, 1.165) is 18.4 Å². The second-order valence-corrected chi connectivity index (χ2v) is 7.99. The molecule has 0 saturated carbocycles. The Hall–Kier alpha value is -0.950. The molecule has 116 valence electrons. The van der Waals surface area contributed by atoms with E-state index < -0.39 is 10.0 Å². The summed E-state index contributed by atoms with van der Waals surface area (Å²) in [5, 5.41) is 0. The van der Waals surface area contributed by atoms with Crippen LogP contribution in [-0.2, 0) is 16.6 Å². The molecule has 2 unspecified atom stereocenters. The first-order chi connectivity index (χ1) is 10.0. The largest absolute Gasteiger partial charge is 0.326 e. The molecule has 0 aromatic heterocycles. The molecule has 0 amide bonds. The average Bonchev–Trinajstić information content (AvgIpc) is 2.71. The zero-order valence-corrected chi connectivity index (χ0v) is 13.2. The maximum atomic E-state index is 12.9. The topological polar surface area (TPSA) is 66.6 Å². The van der Waals surface area contributed by atoms with Crippen molar-refractivity contribution in [2.45, 2.75) is 42.8 Å². The third kappa shape index (κ3) is 2.73. The monoisotopic (exact) mass is 309 g/mol. The van der Waals surface area contributed by atoms with Crippen LogP contribution in [0, 0.1) is 0 Å². The Labute approximate surface area is 126 Å². The van der Waals surface area contributed by atoms with Crippen LogP contribution in [0.15, 0.2) is 29.2 Å². The molecule has 5 nitrogen and oxygen atoms in total. The Balaban J connectivity index is 1.87. The molecular weight excluding hydrogens is 286 g/mol. The van der Waals surface area contributed by atoms with Crippen LogP contribution in [0.25, 0.3) is 0 Å². The van der Waals surface area contributed by atoms with Gasteiger partial charge in [0.1, 0.15) is 0 Å². The zero-order chi connectivity index (χ0) is 15.0. The van der Waals surface area contributed by atoms with Crippen molar-refractivity contribution >= 4 is 10.0 Å². The van der Waals surface area contributed by atoms with Gasteiger partial charge in [-0.25, -0.2) is 8.42 Å². The number of hydrogen-bond acceptors (Lipinski definition) is 4. The molecule has 6 heteroatoms. The van der Waals surface area contributed by atoms with Gasteiger partial charge in [-0.05, 0) is 44.0 Å². The number of fused-ring (bicyclic) bond motifs is 2. The van der Waals surface area contributed by atoms with Gasteiger partial charge in [0.05, 0.1) is 4.90 Å². The summed E-state index contributed by atoms with van der Waals surface area (Å²) in [5.41, 5.74) is 6.47. The highest BCUT2D eigenvalue weighted by Crippen LogP contribution is 2.31. The molecule has 2 fully saturated rings. The maximum absolute atomic E-state index is 12.9. The van der Waals surface area contributed by atoms with Crippen molar-refractivity contribution in [1.29, 1.82) is 0 Å². The van der Waals surface area contributed by atoms with Crippen LogP contribution >= 0.6 is 0 Å². The van der Waals surface area contributed by atoms with Crippen molar-refractivity contribution < 1.29 is 8.42 Å². The number of sulfonamides is 1. The fraction of sp³-hybridized carbons (Fsp3) is 0.600. The lowest BCUT2D eigenvalue weighted by atomic mass is 10.1. The number of likely N-dealkylation sites (N-methyl/N-ethyl adjacent to an activating group) is 1. The van der Waals surface area contributed by atoms with E-state index in [1.807, 2.05) is 6.07 Å². The molecule has 2 aliphatic heterocycles. The van der Waals surface area contributed by atoms with Gasteiger partial charge in [0.15, 0.2) is 0 Å². The highest BCUT2D eigenvalue weighted by molar-refractivity contribution is 7.89. The molecular formula is C15H23N3O2S. The minimum absolute atomic E-state index is 0.352. The normalized spacial score (nSPS) is 27.7. The summed E-state index contributed by atoms with van der Waals surface area (Å²) in [5.74, 6) is 0. The third-order valence-electron chi connectivity index (χ3n) is 4.88. The standard InChI is InChI=1S/C15H23N3O2S/c1-17-13-5-6-14(17)11-18(8-7-13)21(19,20)15-4-2-3-12(9-15)10-16/h2-4,9,13-14H,5-8,10-11,16H2,1H3. The van der Waals surface area contributed by atoms with Crippen LogP contribution in [0.4, 0.5) is 0 Å². The van der Waals surface area contributed by atoms with E-state index in [9.17, 15) is 8.42 Å². The molecule has 1 aromatic carbocycles. The number of hydrogen-bond donors (Lipinski definition) is 1. The Morgan fingerprint density at radius 2 is 2.00 bits per heavy atom. The molecule has 0 aliphatic carbocycles. The quantitative estimate of drug-likeness (QED) is 0.905. The first kappa shape index (κ1) is 15.0. The minimum atomic E-state index is -3.41. The summed E-state index contributed by atoms with van der Waals surface area (Å²) in [4.78, 5) is 2.72. The SMILES string of the molecule is CN1C2CCC1CN(S(=O)(=O)c1cccc(CN)c1)CC2. The first-order valence-corrected chi connectivity index (χ1v) is 8.97. The minimum Gasteiger partial charge on any atom is -0.326 e. The predicted molar refractivity (Wildman–Crippen MR) is 82.3 cm³/mol. The van der Waals surface area contributed by atoms with E-state index in [4.69, 9.17) is 5.73 Å². The van der Waals surface area contributed by atoms with Crippen molar-refractivity contribution in [2.24, 2.45) is 5.73 Å². The molecule has 0 radical (unpaired) electrons. The Kier molecular flexibility index (Phi) is 4.05. The first-order valence-electron chi connectivity index (χ1n) is 7.53. The summed E-state index contributed by atoms with van der Waals surface area (Å²) in [6.45, 7) is 1.57. The van der Waals surface area contributed by atoms with E-state index in [0.29, 0.717) is 36.6 Å². The fourth-order valence-corrected chi connectivity index (χ4v) is 5.04. The summed E-state index contributed by atoms with van der Waals surface area (Å²) >= 11 is 0. The molecule has 2 saturated heterocycles. The van der Waals surface area contributed by atoms with Gasteiger partial charge in [-0.1, -0.05) is 12.1 Å². The lowest BCUT2D eigenvalue weighted by Crippen LogP contribution is -2.39. The lowest BCUT2D eigenvalue weighted by Gasteiger charge is -2.25. The number of nitrogens with two attached hydrogens (primary N) is 1. The van der Waals surface area contributed by atoms with Crippen molar-refractivity contribution in [3.8, 4) is 0 Å². The number of nitrogens with zero attached hydrogens (tertiary/aromatic N) is 2. The van der Waals surface area contributed by atoms with Gasteiger partial charge in [-0.2, -0.15) is 4.31 Å². The van der Waals surface area contributed by atoms with Crippen LogP contribution in [0.2, 0.25) is 0 Å². The zero-order valence-electron chi connectivity index (χ0n) is 12.4. The molecule has 2 bridgehead atoms. The second kappa shape index (κ2) is 5.68. The van der Waals surface area contributed by atoms with Gasteiger partial charge in [0.25, 0.3) is 0 Å². The fourth-order valence-electron chi connectivity index (χ4n) is 3.48. The molecule has 0 spiro atoms. The lowest BCUT2D eigenvalue weighted by molar-refractivity contribution is 0.246. The van der Waals surface area contributed by atoms with Crippen LogP contribution in [0.3, 0.4) is 0 Å². The van der Waals surface area contributed by atoms with E-state index in [2.05, 4.69) is 11.9 Å². The van der Waals surface area contributed by atoms with Crippen molar-refractivity contribution in [3.63, 3.8) is 0 Å². The maximum Gasteiger partial charge on any atom is 0.243 e. The molecule has 2 N–H and O–H groups in total. The van der Waals surface area contributed by atoms with E-state index in [1.165, 1.54) is 6.42 Å². The Bertz CT molecular complexity index is 617.